The molecule has 6 rings (SSSR count). The molecule has 3 aliphatic rings. The summed E-state index contributed by atoms with van der Waals surface area (Å²) in [5.74, 6) is -0.828. The summed E-state index contributed by atoms with van der Waals surface area (Å²) in [6.45, 7) is 3.02. The van der Waals surface area contributed by atoms with Crippen molar-refractivity contribution in [2.75, 3.05) is 17.4 Å². The minimum Gasteiger partial charge on any atom is -0.348 e. The molecule has 1 atom stereocenters. The molecule has 2 aliphatic heterocycles. The van der Waals surface area contributed by atoms with E-state index in [0.29, 0.717) is 42.2 Å². The van der Waals surface area contributed by atoms with Gasteiger partial charge in [-0.2, -0.15) is 0 Å². The van der Waals surface area contributed by atoms with E-state index in [1.54, 1.807) is 29.2 Å². The van der Waals surface area contributed by atoms with Crippen LogP contribution in [0.2, 0.25) is 5.02 Å². The second-order valence-electron chi connectivity index (χ2n) is 11.3. The van der Waals surface area contributed by atoms with Crippen molar-refractivity contribution in [2.24, 2.45) is 0 Å². The van der Waals surface area contributed by atoms with Gasteiger partial charge in [-0.3, -0.25) is 9.10 Å². The Balaban J connectivity index is 1.34. The summed E-state index contributed by atoms with van der Waals surface area (Å²) < 4.78 is 43.1. The van der Waals surface area contributed by atoms with Crippen LogP contribution in [0.3, 0.4) is 0 Å². The van der Waals surface area contributed by atoms with Crippen molar-refractivity contribution in [1.29, 1.82) is 0 Å². The molecule has 2 fully saturated rings. The predicted octanol–water partition coefficient (Wildman–Crippen LogP) is 5.21. The lowest BCUT2D eigenvalue weighted by Crippen LogP contribution is -2.54. The largest absolute Gasteiger partial charge is 0.348 e. The number of halogens is 2. The molecule has 0 bridgehead atoms. The summed E-state index contributed by atoms with van der Waals surface area (Å²) in [5, 5.41) is 6.51. The number of carbonyl (C=O) groups excluding carboxylic acids is 2. The summed E-state index contributed by atoms with van der Waals surface area (Å²) in [6.07, 6.45) is 3.04. The normalized spacial score (nSPS) is 19.5. The topological polar surface area (TPSA) is 98.8 Å². The number of hydrogen-bond donors (Lipinski definition) is 2. The van der Waals surface area contributed by atoms with Gasteiger partial charge in [0.15, 0.2) is 0 Å². The van der Waals surface area contributed by atoms with Gasteiger partial charge in [-0.1, -0.05) is 29.8 Å². The van der Waals surface area contributed by atoms with Crippen LogP contribution in [0.1, 0.15) is 54.1 Å². The second-order valence-corrected chi connectivity index (χ2v) is 13.5. The number of benzene rings is 3. The Morgan fingerprint density at radius 1 is 1.02 bits per heavy atom. The lowest BCUT2D eigenvalue weighted by molar-refractivity contribution is 0.0950. The van der Waals surface area contributed by atoms with Gasteiger partial charge in [-0.25, -0.2) is 17.6 Å². The Morgan fingerprint density at radius 2 is 1.71 bits per heavy atom. The lowest BCUT2D eigenvalue weighted by atomic mass is 9.70. The number of hydrogen-bond acceptors (Lipinski definition) is 4. The summed E-state index contributed by atoms with van der Waals surface area (Å²) in [7, 11) is -4.06. The highest BCUT2D eigenvalue weighted by Crippen LogP contribution is 2.53. The van der Waals surface area contributed by atoms with E-state index in [1.165, 1.54) is 16.4 Å². The fourth-order valence-electron chi connectivity index (χ4n) is 6.19. The molecule has 1 unspecified atom stereocenters. The van der Waals surface area contributed by atoms with E-state index in [0.717, 1.165) is 36.1 Å². The number of fused-ring (bicyclic) bond motifs is 2. The first-order chi connectivity index (χ1) is 20.1. The average Bonchev–Trinajstić information content (AvgIpc) is 3.77. The molecule has 3 aromatic carbocycles. The molecule has 2 N–H and O–H groups in total. The molecule has 42 heavy (non-hydrogen) atoms. The molecule has 1 spiro atoms. The van der Waals surface area contributed by atoms with Gasteiger partial charge in [0.05, 0.1) is 16.6 Å². The smallest absolute Gasteiger partial charge is 0.317 e. The zero-order valence-electron chi connectivity index (χ0n) is 23.1. The third kappa shape index (κ3) is 5.11. The van der Waals surface area contributed by atoms with Crippen molar-refractivity contribution >= 4 is 39.2 Å². The van der Waals surface area contributed by atoms with Crippen LogP contribution >= 0.6 is 11.6 Å². The van der Waals surface area contributed by atoms with Gasteiger partial charge in [0.1, 0.15) is 5.82 Å². The minimum atomic E-state index is -4.06. The highest BCUT2D eigenvalue weighted by molar-refractivity contribution is 7.92. The monoisotopic (exact) mass is 610 g/mol. The van der Waals surface area contributed by atoms with Crippen molar-refractivity contribution < 1.29 is 22.4 Å². The molecule has 3 aromatic rings. The van der Waals surface area contributed by atoms with E-state index in [-0.39, 0.29) is 29.4 Å². The summed E-state index contributed by atoms with van der Waals surface area (Å²) in [4.78, 5) is 27.8. The Labute approximate surface area is 249 Å². The summed E-state index contributed by atoms with van der Waals surface area (Å²) >= 11 is 6.26. The van der Waals surface area contributed by atoms with E-state index in [2.05, 4.69) is 10.6 Å². The standard InChI is InChI=1S/C31H32ClFN4O4S/c1-20-31(14-16-36(17-15-31)30(39)35-24-9-10-24)26-18-21(29(38)34-19-22-4-2-3-5-27(22)32)6-13-28(26)37(20)42(40,41)25-11-7-23(33)8-12-25/h2-8,11-13,18,20,24H,9-10,14-17,19H2,1H3,(H,34,38)(H,35,39). The molecule has 220 valence electrons. The highest BCUT2D eigenvalue weighted by Gasteiger charge is 2.54. The Morgan fingerprint density at radius 3 is 2.38 bits per heavy atom. The van der Waals surface area contributed by atoms with Crippen molar-refractivity contribution in [3.63, 3.8) is 0 Å². The Kier molecular flexibility index (Phi) is 7.39. The van der Waals surface area contributed by atoms with Crippen LogP contribution in [0.4, 0.5) is 14.9 Å². The molecule has 3 amide bonds. The van der Waals surface area contributed by atoms with Crippen molar-refractivity contribution in [2.45, 2.75) is 61.5 Å². The zero-order valence-corrected chi connectivity index (χ0v) is 24.7. The first-order valence-electron chi connectivity index (χ1n) is 14.1. The maximum Gasteiger partial charge on any atom is 0.317 e. The zero-order chi connectivity index (χ0) is 29.6. The third-order valence-electron chi connectivity index (χ3n) is 8.80. The number of urea groups is 1. The minimum absolute atomic E-state index is 0.0124. The molecule has 2 heterocycles. The maximum absolute atomic E-state index is 14.0. The van der Waals surface area contributed by atoms with Gasteiger partial charge in [0.25, 0.3) is 15.9 Å². The van der Waals surface area contributed by atoms with Crippen LogP contribution < -0.4 is 14.9 Å². The maximum atomic E-state index is 14.0. The molecule has 0 radical (unpaired) electrons. The van der Waals surface area contributed by atoms with Gasteiger partial charge in [0.2, 0.25) is 0 Å². The van der Waals surface area contributed by atoms with E-state index in [9.17, 15) is 22.4 Å². The number of piperidine rings is 1. The van der Waals surface area contributed by atoms with Crippen molar-refractivity contribution in [1.82, 2.24) is 15.5 Å². The SMILES string of the molecule is CC1N(S(=O)(=O)c2ccc(F)cc2)c2ccc(C(=O)NCc3ccccc3Cl)cc2C12CCN(C(=O)NC1CC1)CC2. The van der Waals surface area contributed by atoms with Crippen LogP contribution in [0.15, 0.2) is 71.6 Å². The lowest BCUT2D eigenvalue weighted by Gasteiger charge is -2.43. The fraction of sp³-hybridized carbons (Fsp3) is 0.355. The molecule has 0 aromatic heterocycles. The van der Waals surface area contributed by atoms with E-state index in [4.69, 9.17) is 11.6 Å². The molecule has 1 aliphatic carbocycles. The molecule has 11 heteroatoms. The Bertz CT molecular complexity index is 1640. The van der Waals surface area contributed by atoms with Crippen LogP contribution in [0.5, 0.6) is 0 Å². The van der Waals surface area contributed by atoms with Crippen LogP contribution in [0.25, 0.3) is 0 Å². The van der Waals surface area contributed by atoms with Gasteiger partial charge in [0, 0.05) is 41.7 Å². The average molecular weight is 611 g/mol. The Hall–Kier alpha value is -3.63. The van der Waals surface area contributed by atoms with Crippen LogP contribution in [-0.2, 0) is 22.0 Å². The van der Waals surface area contributed by atoms with Gasteiger partial charge >= 0.3 is 6.03 Å². The first-order valence-corrected chi connectivity index (χ1v) is 15.9. The van der Waals surface area contributed by atoms with Crippen molar-refractivity contribution in [3.8, 4) is 0 Å². The van der Waals surface area contributed by atoms with E-state index in [1.807, 2.05) is 25.1 Å². The second kappa shape index (κ2) is 10.9. The quantitative estimate of drug-likeness (QED) is 0.400. The number of rotatable bonds is 6. The molecule has 1 saturated heterocycles. The summed E-state index contributed by atoms with van der Waals surface area (Å²) in [6, 6.07) is 16.8. The first kappa shape index (κ1) is 28.5. The van der Waals surface area contributed by atoms with Crippen LogP contribution in [0, 0.1) is 5.82 Å². The number of nitrogens with zero attached hydrogens (tertiary/aromatic N) is 2. The predicted molar refractivity (Wildman–Crippen MR) is 159 cm³/mol. The molecular formula is C31H32ClFN4O4S. The fourth-order valence-corrected chi connectivity index (χ4v) is 8.14. The number of anilines is 1. The summed E-state index contributed by atoms with van der Waals surface area (Å²) in [5.41, 5.74) is 1.81. The number of amides is 3. The van der Waals surface area contributed by atoms with Crippen LogP contribution in [-0.4, -0.2) is 50.4 Å². The van der Waals surface area contributed by atoms with E-state index >= 15 is 0 Å². The number of likely N-dealkylation sites (tertiary alicyclic amines) is 1. The third-order valence-corrected chi connectivity index (χ3v) is 11.1. The molecule has 1 saturated carbocycles. The number of carbonyl (C=O) groups is 2. The molecular weight excluding hydrogens is 579 g/mol. The molecule has 8 nitrogen and oxygen atoms in total. The van der Waals surface area contributed by atoms with Gasteiger partial charge in [-0.15, -0.1) is 0 Å². The van der Waals surface area contributed by atoms with Gasteiger partial charge in [-0.05, 0) is 92.3 Å². The highest BCUT2D eigenvalue weighted by atomic mass is 35.5. The number of nitrogens with one attached hydrogen (secondary N) is 2. The van der Waals surface area contributed by atoms with E-state index < -0.39 is 27.3 Å². The van der Waals surface area contributed by atoms with Crippen molar-refractivity contribution in [3.05, 3.63) is 94.3 Å². The number of sulfonamides is 1. The van der Waals surface area contributed by atoms with Gasteiger partial charge < -0.3 is 15.5 Å².